The quantitative estimate of drug-likeness (QED) is 0.648. The van der Waals surface area contributed by atoms with Crippen LogP contribution in [-0.4, -0.2) is 39.0 Å². The maximum atomic E-state index is 11.8. The molecular weight excluding hydrogens is 316 g/mol. The Kier molecular flexibility index (Phi) is 4.26. The van der Waals surface area contributed by atoms with Gasteiger partial charge in [0.05, 0.1) is 17.8 Å². The van der Waals surface area contributed by atoms with E-state index in [1.807, 2.05) is 53.2 Å². The van der Waals surface area contributed by atoms with Gasteiger partial charge in [-0.25, -0.2) is 9.48 Å². The van der Waals surface area contributed by atoms with Crippen molar-refractivity contribution in [2.75, 3.05) is 13.2 Å². The number of rotatable bonds is 6. The van der Waals surface area contributed by atoms with E-state index in [0.717, 1.165) is 11.0 Å². The van der Waals surface area contributed by atoms with Crippen LogP contribution in [0, 0.1) is 0 Å². The molecule has 1 aromatic heterocycles. The molecule has 0 bridgehead atoms. The highest BCUT2D eigenvalue weighted by Gasteiger charge is 2.20. The van der Waals surface area contributed by atoms with E-state index in [1.165, 1.54) is 5.56 Å². The Morgan fingerprint density at radius 3 is 2.64 bits per heavy atom. The number of carbonyl (C=O) groups is 1. The number of para-hydroxylation sites is 1. The van der Waals surface area contributed by atoms with Gasteiger partial charge in [-0.2, -0.15) is 0 Å². The van der Waals surface area contributed by atoms with E-state index in [1.54, 1.807) is 0 Å². The van der Waals surface area contributed by atoms with Crippen molar-refractivity contribution >= 4 is 17.0 Å². The lowest BCUT2D eigenvalue weighted by Gasteiger charge is -2.22. The van der Waals surface area contributed by atoms with E-state index in [4.69, 9.17) is 4.74 Å². The summed E-state index contributed by atoms with van der Waals surface area (Å²) in [5, 5.41) is 8.47. The van der Waals surface area contributed by atoms with Crippen LogP contribution in [0.2, 0.25) is 0 Å². The number of ether oxygens (including phenoxy) is 1. The van der Waals surface area contributed by atoms with Crippen LogP contribution in [0.4, 0.5) is 0 Å². The molecule has 6 nitrogen and oxygen atoms in total. The summed E-state index contributed by atoms with van der Waals surface area (Å²) in [6, 6.07) is 18.0. The standard InChI is InChI=1S/C19H18N4O2/c24-19-16(10-11-25-19)13-22(12-15-6-2-1-3-7-15)14-23-18-9-5-4-8-17(18)20-21-23/h1-10H,11-14H2. The lowest BCUT2D eigenvalue weighted by atomic mass is 10.2. The van der Waals surface area contributed by atoms with Crippen LogP contribution in [0.1, 0.15) is 5.56 Å². The predicted octanol–water partition coefficient (Wildman–Crippen LogP) is 2.37. The molecule has 0 spiro atoms. The molecule has 1 aliphatic rings. The topological polar surface area (TPSA) is 60.2 Å². The van der Waals surface area contributed by atoms with Crippen molar-refractivity contribution in [2.45, 2.75) is 13.2 Å². The fraction of sp³-hybridized carbons (Fsp3) is 0.211. The van der Waals surface area contributed by atoms with Gasteiger partial charge in [0, 0.05) is 13.1 Å². The maximum absolute atomic E-state index is 11.8. The summed E-state index contributed by atoms with van der Waals surface area (Å²) in [7, 11) is 0. The summed E-state index contributed by atoms with van der Waals surface area (Å²) in [4.78, 5) is 14.0. The van der Waals surface area contributed by atoms with Gasteiger partial charge in [0.25, 0.3) is 0 Å². The van der Waals surface area contributed by atoms with Crippen LogP contribution < -0.4 is 0 Å². The predicted molar refractivity (Wildman–Crippen MR) is 93.4 cm³/mol. The minimum atomic E-state index is -0.235. The van der Waals surface area contributed by atoms with Crippen LogP contribution in [0.3, 0.4) is 0 Å². The molecule has 2 aromatic carbocycles. The number of esters is 1. The molecule has 1 aliphatic heterocycles. The second kappa shape index (κ2) is 6.86. The molecule has 0 aliphatic carbocycles. The third kappa shape index (κ3) is 3.44. The molecule has 6 heteroatoms. The van der Waals surface area contributed by atoms with Crippen molar-refractivity contribution in [3.8, 4) is 0 Å². The van der Waals surface area contributed by atoms with E-state index in [2.05, 4.69) is 27.3 Å². The highest BCUT2D eigenvalue weighted by atomic mass is 16.5. The molecule has 25 heavy (non-hydrogen) atoms. The Balaban J connectivity index is 1.59. The van der Waals surface area contributed by atoms with E-state index in [0.29, 0.717) is 31.9 Å². The van der Waals surface area contributed by atoms with Gasteiger partial charge < -0.3 is 4.74 Å². The molecule has 0 unspecified atom stereocenters. The summed E-state index contributed by atoms with van der Waals surface area (Å²) in [6.45, 7) is 2.13. The van der Waals surface area contributed by atoms with E-state index in [-0.39, 0.29) is 5.97 Å². The highest BCUT2D eigenvalue weighted by Crippen LogP contribution is 2.15. The first kappa shape index (κ1) is 15.5. The van der Waals surface area contributed by atoms with Gasteiger partial charge >= 0.3 is 5.97 Å². The van der Waals surface area contributed by atoms with E-state index in [9.17, 15) is 4.79 Å². The van der Waals surface area contributed by atoms with Crippen LogP contribution in [-0.2, 0) is 22.7 Å². The van der Waals surface area contributed by atoms with Gasteiger partial charge in [-0.05, 0) is 23.8 Å². The molecule has 4 rings (SSSR count). The SMILES string of the molecule is O=C1OCC=C1CN(Cc1ccccc1)Cn1nnc2ccccc21. The summed E-state index contributed by atoms with van der Waals surface area (Å²) in [6.07, 6.45) is 1.85. The Bertz CT molecular complexity index is 917. The van der Waals surface area contributed by atoms with Gasteiger partial charge in [0.15, 0.2) is 0 Å². The fourth-order valence-electron chi connectivity index (χ4n) is 2.97. The molecule has 0 radical (unpaired) electrons. The summed E-state index contributed by atoms with van der Waals surface area (Å²) >= 11 is 0. The van der Waals surface area contributed by atoms with Crippen molar-refractivity contribution in [2.24, 2.45) is 0 Å². The fourth-order valence-corrected chi connectivity index (χ4v) is 2.97. The molecule has 0 fully saturated rings. The van der Waals surface area contributed by atoms with Crippen LogP contribution in [0.15, 0.2) is 66.2 Å². The molecule has 3 aromatic rings. The molecule has 0 atom stereocenters. The number of benzene rings is 2. The molecule has 0 saturated heterocycles. The Morgan fingerprint density at radius 2 is 1.84 bits per heavy atom. The second-order valence-corrected chi connectivity index (χ2v) is 6.02. The minimum absolute atomic E-state index is 0.235. The van der Waals surface area contributed by atoms with Crippen molar-refractivity contribution in [1.29, 1.82) is 0 Å². The number of aromatic nitrogens is 3. The minimum Gasteiger partial charge on any atom is -0.458 e. The summed E-state index contributed by atoms with van der Waals surface area (Å²) in [5.41, 5.74) is 3.71. The first-order chi connectivity index (χ1) is 12.3. The molecule has 2 heterocycles. The second-order valence-electron chi connectivity index (χ2n) is 6.02. The molecule has 126 valence electrons. The van der Waals surface area contributed by atoms with Gasteiger partial charge in [-0.15, -0.1) is 5.10 Å². The maximum Gasteiger partial charge on any atom is 0.335 e. The zero-order valence-electron chi connectivity index (χ0n) is 13.7. The number of hydrogen-bond acceptors (Lipinski definition) is 5. The average Bonchev–Trinajstić information content (AvgIpc) is 3.23. The van der Waals surface area contributed by atoms with Crippen molar-refractivity contribution in [3.05, 3.63) is 71.8 Å². The normalized spacial score (nSPS) is 14.1. The van der Waals surface area contributed by atoms with Gasteiger partial charge in [0.2, 0.25) is 0 Å². The first-order valence-electron chi connectivity index (χ1n) is 8.20. The zero-order chi connectivity index (χ0) is 17.1. The van der Waals surface area contributed by atoms with Crippen molar-refractivity contribution < 1.29 is 9.53 Å². The average molecular weight is 334 g/mol. The van der Waals surface area contributed by atoms with Gasteiger partial charge in [-0.1, -0.05) is 47.7 Å². The van der Waals surface area contributed by atoms with Gasteiger partial charge in [-0.3, -0.25) is 4.90 Å². The zero-order valence-corrected chi connectivity index (χ0v) is 13.7. The highest BCUT2D eigenvalue weighted by molar-refractivity contribution is 5.90. The molecular formula is C19H18N4O2. The van der Waals surface area contributed by atoms with Crippen LogP contribution >= 0.6 is 0 Å². The smallest absolute Gasteiger partial charge is 0.335 e. The lowest BCUT2D eigenvalue weighted by Crippen LogP contribution is -2.30. The number of carbonyl (C=O) groups excluding carboxylic acids is 1. The summed E-state index contributed by atoms with van der Waals surface area (Å²) in [5.74, 6) is -0.235. The third-order valence-electron chi connectivity index (χ3n) is 4.20. The van der Waals surface area contributed by atoms with Crippen LogP contribution in [0.5, 0.6) is 0 Å². The van der Waals surface area contributed by atoms with E-state index < -0.39 is 0 Å². The summed E-state index contributed by atoms with van der Waals surface area (Å²) < 4.78 is 6.89. The third-order valence-corrected chi connectivity index (χ3v) is 4.20. The first-order valence-corrected chi connectivity index (χ1v) is 8.20. The van der Waals surface area contributed by atoms with Crippen molar-refractivity contribution in [3.63, 3.8) is 0 Å². The van der Waals surface area contributed by atoms with Crippen LogP contribution in [0.25, 0.3) is 11.0 Å². The lowest BCUT2D eigenvalue weighted by molar-refractivity contribution is -0.136. The van der Waals surface area contributed by atoms with Gasteiger partial charge in [0.1, 0.15) is 12.1 Å². The number of fused-ring (bicyclic) bond motifs is 1. The number of hydrogen-bond donors (Lipinski definition) is 0. The number of cyclic esters (lactones) is 1. The number of nitrogens with zero attached hydrogens (tertiary/aromatic N) is 4. The Hall–Kier alpha value is -2.99. The monoisotopic (exact) mass is 334 g/mol. The molecule has 0 N–H and O–H groups in total. The Morgan fingerprint density at radius 1 is 1.04 bits per heavy atom. The largest absolute Gasteiger partial charge is 0.458 e. The molecule has 0 saturated carbocycles. The van der Waals surface area contributed by atoms with E-state index >= 15 is 0 Å². The van der Waals surface area contributed by atoms with Crippen molar-refractivity contribution in [1.82, 2.24) is 19.9 Å². The Labute approximate surface area is 145 Å². The molecule has 0 amide bonds.